The summed E-state index contributed by atoms with van der Waals surface area (Å²) >= 11 is 0. The zero-order valence-electron chi connectivity index (χ0n) is 14.0. The SMILES string of the molecule is Cc1cc(C)n2c(CNC(=O)c3ccc4ccccc4c3)nnc2n1. The number of carbonyl (C=O) groups is 1. The lowest BCUT2D eigenvalue weighted by atomic mass is 10.1. The molecule has 124 valence electrons. The average molecular weight is 331 g/mol. The number of amides is 1. The predicted octanol–water partition coefficient (Wildman–Crippen LogP) is 2.82. The van der Waals surface area contributed by atoms with Crippen LogP contribution in [0.25, 0.3) is 16.6 Å². The molecule has 1 N–H and O–H groups in total. The van der Waals surface area contributed by atoms with E-state index in [4.69, 9.17) is 0 Å². The third kappa shape index (κ3) is 2.82. The van der Waals surface area contributed by atoms with Gasteiger partial charge in [-0.1, -0.05) is 30.3 Å². The van der Waals surface area contributed by atoms with Gasteiger partial charge >= 0.3 is 0 Å². The van der Waals surface area contributed by atoms with Gasteiger partial charge in [0.05, 0.1) is 6.54 Å². The molecule has 0 spiro atoms. The molecule has 4 aromatic rings. The smallest absolute Gasteiger partial charge is 0.255 e. The molecule has 2 aromatic heterocycles. The van der Waals surface area contributed by atoms with Crippen LogP contribution in [0.1, 0.15) is 27.6 Å². The van der Waals surface area contributed by atoms with Crippen molar-refractivity contribution in [1.82, 2.24) is 24.9 Å². The molecule has 0 atom stereocenters. The molecule has 1 amide bonds. The lowest BCUT2D eigenvalue weighted by Crippen LogP contribution is -2.24. The Kier molecular flexibility index (Phi) is 3.65. The Labute approximate surface area is 144 Å². The van der Waals surface area contributed by atoms with E-state index < -0.39 is 0 Å². The zero-order valence-corrected chi connectivity index (χ0v) is 14.0. The van der Waals surface area contributed by atoms with Crippen LogP contribution < -0.4 is 5.32 Å². The number of carbonyl (C=O) groups excluding carboxylic acids is 1. The second-order valence-corrected chi connectivity index (χ2v) is 6.04. The standard InChI is InChI=1S/C19H17N5O/c1-12-9-13(2)24-17(22-23-19(24)21-12)11-20-18(25)16-8-7-14-5-3-4-6-15(14)10-16/h3-10H,11H2,1-2H3,(H,20,25). The van der Waals surface area contributed by atoms with Crippen LogP contribution in [0.2, 0.25) is 0 Å². The second kappa shape index (κ2) is 5.98. The molecular formula is C19H17N5O. The fourth-order valence-electron chi connectivity index (χ4n) is 3.00. The Morgan fingerprint density at radius 2 is 1.84 bits per heavy atom. The Bertz CT molecular complexity index is 1100. The van der Waals surface area contributed by atoms with E-state index in [0.29, 0.717) is 23.7 Å². The molecule has 6 nitrogen and oxygen atoms in total. The van der Waals surface area contributed by atoms with Crippen molar-refractivity contribution in [2.45, 2.75) is 20.4 Å². The molecule has 6 heteroatoms. The van der Waals surface area contributed by atoms with Crippen molar-refractivity contribution < 1.29 is 4.79 Å². The molecule has 0 fully saturated rings. The van der Waals surface area contributed by atoms with Crippen LogP contribution in [0.5, 0.6) is 0 Å². The summed E-state index contributed by atoms with van der Waals surface area (Å²) in [5.74, 6) is 1.07. The number of rotatable bonds is 3. The van der Waals surface area contributed by atoms with Crippen molar-refractivity contribution in [2.24, 2.45) is 0 Å². The minimum Gasteiger partial charge on any atom is -0.345 e. The number of benzene rings is 2. The van der Waals surface area contributed by atoms with Crippen LogP contribution in [0.3, 0.4) is 0 Å². The fraction of sp³-hybridized carbons (Fsp3) is 0.158. The summed E-state index contributed by atoms with van der Waals surface area (Å²) in [6.45, 7) is 4.18. The summed E-state index contributed by atoms with van der Waals surface area (Å²) < 4.78 is 1.85. The molecule has 0 saturated carbocycles. The highest BCUT2D eigenvalue weighted by atomic mass is 16.1. The minimum absolute atomic E-state index is 0.139. The van der Waals surface area contributed by atoms with Crippen LogP contribution in [0.4, 0.5) is 0 Å². The van der Waals surface area contributed by atoms with Crippen molar-refractivity contribution in [2.75, 3.05) is 0 Å². The second-order valence-electron chi connectivity index (χ2n) is 6.04. The first-order valence-corrected chi connectivity index (χ1v) is 8.07. The summed E-state index contributed by atoms with van der Waals surface area (Å²) in [5, 5.41) is 13.3. The van der Waals surface area contributed by atoms with Crippen molar-refractivity contribution in [3.05, 3.63) is 71.3 Å². The van der Waals surface area contributed by atoms with E-state index in [-0.39, 0.29) is 5.91 Å². The topological polar surface area (TPSA) is 72.2 Å². The lowest BCUT2D eigenvalue weighted by molar-refractivity contribution is 0.0950. The summed E-state index contributed by atoms with van der Waals surface area (Å²) in [6.07, 6.45) is 0. The highest BCUT2D eigenvalue weighted by Crippen LogP contribution is 2.15. The van der Waals surface area contributed by atoms with Crippen LogP contribution in [0, 0.1) is 13.8 Å². The summed E-state index contributed by atoms with van der Waals surface area (Å²) in [5.41, 5.74) is 2.50. The maximum Gasteiger partial charge on any atom is 0.255 e. The third-order valence-electron chi connectivity index (χ3n) is 4.18. The minimum atomic E-state index is -0.139. The Balaban J connectivity index is 1.57. The fourth-order valence-corrected chi connectivity index (χ4v) is 3.00. The van der Waals surface area contributed by atoms with Gasteiger partial charge in [-0.3, -0.25) is 9.20 Å². The van der Waals surface area contributed by atoms with Gasteiger partial charge in [-0.2, -0.15) is 0 Å². The first kappa shape index (κ1) is 15.3. The number of hydrogen-bond acceptors (Lipinski definition) is 4. The quantitative estimate of drug-likeness (QED) is 0.626. The predicted molar refractivity (Wildman–Crippen MR) is 95.4 cm³/mol. The lowest BCUT2D eigenvalue weighted by Gasteiger charge is -2.07. The molecule has 0 unspecified atom stereocenters. The summed E-state index contributed by atoms with van der Waals surface area (Å²) in [7, 11) is 0. The number of aromatic nitrogens is 4. The van der Waals surface area contributed by atoms with Crippen LogP contribution in [0.15, 0.2) is 48.5 Å². The molecule has 0 aliphatic rings. The third-order valence-corrected chi connectivity index (χ3v) is 4.18. The molecule has 0 saturated heterocycles. The number of fused-ring (bicyclic) bond motifs is 2. The largest absolute Gasteiger partial charge is 0.345 e. The van der Waals surface area contributed by atoms with Crippen molar-refractivity contribution in [1.29, 1.82) is 0 Å². The Morgan fingerprint density at radius 1 is 1.04 bits per heavy atom. The molecule has 0 aliphatic carbocycles. The molecule has 2 heterocycles. The van der Waals surface area contributed by atoms with Crippen molar-refractivity contribution >= 4 is 22.5 Å². The van der Waals surface area contributed by atoms with Gasteiger partial charge in [0.15, 0.2) is 5.82 Å². The van der Waals surface area contributed by atoms with Gasteiger partial charge in [-0.15, -0.1) is 10.2 Å². The molecule has 0 bridgehead atoms. The highest BCUT2D eigenvalue weighted by Gasteiger charge is 2.12. The molecular weight excluding hydrogens is 314 g/mol. The molecule has 0 aliphatic heterocycles. The van der Waals surface area contributed by atoms with E-state index in [0.717, 1.165) is 22.2 Å². The van der Waals surface area contributed by atoms with E-state index in [9.17, 15) is 4.79 Å². The number of aryl methyl sites for hydroxylation is 2. The van der Waals surface area contributed by atoms with E-state index in [1.54, 1.807) is 0 Å². The summed E-state index contributed by atoms with van der Waals surface area (Å²) in [6, 6.07) is 15.6. The van der Waals surface area contributed by atoms with Crippen LogP contribution in [-0.2, 0) is 6.54 Å². The van der Waals surface area contributed by atoms with Gasteiger partial charge in [0.25, 0.3) is 11.7 Å². The van der Waals surface area contributed by atoms with Gasteiger partial charge in [0.1, 0.15) is 0 Å². The van der Waals surface area contributed by atoms with Gasteiger partial charge < -0.3 is 5.32 Å². The van der Waals surface area contributed by atoms with E-state index in [1.165, 1.54) is 0 Å². The first-order valence-electron chi connectivity index (χ1n) is 8.07. The van der Waals surface area contributed by atoms with Gasteiger partial charge in [-0.25, -0.2) is 4.98 Å². The molecule has 4 rings (SSSR count). The van der Waals surface area contributed by atoms with Gasteiger partial charge in [0, 0.05) is 17.0 Å². The molecule has 0 radical (unpaired) electrons. The summed E-state index contributed by atoms with van der Waals surface area (Å²) in [4.78, 5) is 16.8. The van der Waals surface area contributed by atoms with Crippen molar-refractivity contribution in [3.63, 3.8) is 0 Å². The van der Waals surface area contributed by atoms with Crippen molar-refractivity contribution in [3.8, 4) is 0 Å². The number of hydrogen-bond donors (Lipinski definition) is 1. The van der Waals surface area contributed by atoms with Gasteiger partial charge in [0.2, 0.25) is 0 Å². The normalized spacial score (nSPS) is 11.1. The number of nitrogens with one attached hydrogen (secondary N) is 1. The van der Waals surface area contributed by atoms with E-state index >= 15 is 0 Å². The van der Waals surface area contributed by atoms with Gasteiger partial charge in [-0.05, 0) is 42.8 Å². The van der Waals surface area contributed by atoms with Crippen LogP contribution >= 0.6 is 0 Å². The monoisotopic (exact) mass is 331 g/mol. The highest BCUT2D eigenvalue weighted by molar-refractivity contribution is 5.98. The Morgan fingerprint density at radius 3 is 2.68 bits per heavy atom. The maximum absolute atomic E-state index is 12.5. The molecule has 2 aromatic carbocycles. The first-order chi connectivity index (χ1) is 12.1. The number of nitrogens with zero attached hydrogens (tertiary/aromatic N) is 4. The van der Waals surface area contributed by atoms with E-state index in [1.807, 2.05) is 66.8 Å². The zero-order chi connectivity index (χ0) is 17.4. The average Bonchev–Trinajstić information content (AvgIpc) is 3.02. The van der Waals surface area contributed by atoms with Crippen LogP contribution in [-0.4, -0.2) is 25.5 Å². The Hall–Kier alpha value is -3.28. The maximum atomic E-state index is 12.5. The molecule has 25 heavy (non-hydrogen) atoms. The van der Waals surface area contributed by atoms with E-state index in [2.05, 4.69) is 20.5 Å².